The van der Waals surface area contributed by atoms with E-state index in [1.165, 1.54) is 12.8 Å². The maximum Gasteiger partial charge on any atom is 0.0496 e. The van der Waals surface area contributed by atoms with Crippen molar-refractivity contribution in [1.29, 1.82) is 0 Å². The molecule has 0 saturated carbocycles. The van der Waals surface area contributed by atoms with Gasteiger partial charge in [0, 0.05) is 32.3 Å². The summed E-state index contributed by atoms with van der Waals surface area (Å²) in [5.74, 6) is 0. The van der Waals surface area contributed by atoms with Crippen molar-refractivity contribution in [2.45, 2.75) is 39.5 Å². The standard InChI is InChI=1S/C12H27NO2/c1-4-12(2,11-14)10-13-8-6-5-7-9-15-3/h13-14H,4-11H2,1-3H3. The molecule has 0 fully saturated rings. The molecule has 92 valence electrons. The van der Waals surface area contributed by atoms with Crippen molar-refractivity contribution in [3.8, 4) is 0 Å². The van der Waals surface area contributed by atoms with E-state index < -0.39 is 0 Å². The second kappa shape index (κ2) is 9.13. The van der Waals surface area contributed by atoms with Gasteiger partial charge in [-0.05, 0) is 32.2 Å². The number of hydrogen-bond acceptors (Lipinski definition) is 3. The van der Waals surface area contributed by atoms with E-state index in [1.54, 1.807) is 7.11 Å². The zero-order chi connectivity index (χ0) is 11.6. The Hall–Kier alpha value is -0.120. The van der Waals surface area contributed by atoms with Crippen molar-refractivity contribution in [3.63, 3.8) is 0 Å². The predicted octanol–water partition coefficient (Wildman–Crippen LogP) is 1.80. The first-order valence-corrected chi connectivity index (χ1v) is 5.99. The van der Waals surface area contributed by atoms with Crippen LogP contribution in [0.1, 0.15) is 39.5 Å². The van der Waals surface area contributed by atoms with Crippen LogP contribution in [0.25, 0.3) is 0 Å². The highest BCUT2D eigenvalue weighted by Crippen LogP contribution is 2.18. The van der Waals surface area contributed by atoms with E-state index in [9.17, 15) is 5.11 Å². The van der Waals surface area contributed by atoms with Gasteiger partial charge in [-0.2, -0.15) is 0 Å². The molecule has 0 aliphatic heterocycles. The van der Waals surface area contributed by atoms with Crippen LogP contribution in [0.15, 0.2) is 0 Å². The normalized spacial score (nSPS) is 15.2. The maximum absolute atomic E-state index is 9.20. The molecule has 3 nitrogen and oxygen atoms in total. The third-order valence-corrected chi connectivity index (χ3v) is 2.99. The van der Waals surface area contributed by atoms with E-state index in [0.717, 1.165) is 32.5 Å². The zero-order valence-electron chi connectivity index (χ0n) is 10.5. The first-order chi connectivity index (χ1) is 7.18. The number of rotatable bonds is 10. The van der Waals surface area contributed by atoms with Gasteiger partial charge in [0.2, 0.25) is 0 Å². The molecule has 0 aromatic carbocycles. The van der Waals surface area contributed by atoms with Gasteiger partial charge in [0.15, 0.2) is 0 Å². The summed E-state index contributed by atoms with van der Waals surface area (Å²) in [6.45, 7) is 7.31. The molecule has 0 spiro atoms. The Morgan fingerprint density at radius 2 is 2.00 bits per heavy atom. The van der Waals surface area contributed by atoms with Gasteiger partial charge in [-0.3, -0.25) is 0 Å². The summed E-state index contributed by atoms with van der Waals surface area (Å²) in [4.78, 5) is 0. The summed E-state index contributed by atoms with van der Waals surface area (Å²) in [6.07, 6.45) is 4.56. The summed E-state index contributed by atoms with van der Waals surface area (Å²) in [6, 6.07) is 0. The van der Waals surface area contributed by atoms with Crippen LogP contribution in [0.5, 0.6) is 0 Å². The molecular formula is C12H27NO2. The van der Waals surface area contributed by atoms with E-state index in [1.807, 2.05) is 0 Å². The summed E-state index contributed by atoms with van der Waals surface area (Å²) in [5.41, 5.74) is 0.0481. The lowest BCUT2D eigenvalue weighted by molar-refractivity contribution is 0.135. The predicted molar refractivity (Wildman–Crippen MR) is 64.1 cm³/mol. The largest absolute Gasteiger partial charge is 0.396 e. The summed E-state index contributed by atoms with van der Waals surface area (Å²) >= 11 is 0. The highest BCUT2D eigenvalue weighted by Gasteiger charge is 2.19. The van der Waals surface area contributed by atoms with E-state index >= 15 is 0 Å². The van der Waals surface area contributed by atoms with Crippen LogP contribution in [0.2, 0.25) is 0 Å². The Bertz CT molecular complexity index is 136. The number of unbranched alkanes of at least 4 members (excludes halogenated alkanes) is 2. The van der Waals surface area contributed by atoms with Crippen molar-refractivity contribution >= 4 is 0 Å². The van der Waals surface area contributed by atoms with E-state index in [-0.39, 0.29) is 12.0 Å². The number of aliphatic hydroxyl groups is 1. The van der Waals surface area contributed by atoms with E-state index in [4.69, 9.17) is 4.74 Å². The molecule has 0 aromatic heterocycles. The Kier molecular flexibility index (Phi) is 9.06. The zero-order valence-corrected chi connectivity index (χ0v) is 10.5. The average Bonchev–Trinajstić information content (AvgIpc) is 2.27. The quantitative estimate of drug-likeness (QED) is 0.548. The number of ether oxygens (including phenoxy) is 1. The lowest BCUT2D eigenvalue weighted by Crippen LogP contribution is -2.34. The van der Waals surface area contributed by atoms with Crippen LogP contribution in [-0.4, -0.2) is 38.5 Å². The molecule has 0 amide bonds. The van der Waals surface area contributed by atoms with Crippen LogP contribution >= 0.6 is 0 Å². The third kappa shape index (κ3) is 7.77. The fourth-order valence-electron chi connectivity index (χ4n) is 1.36. The molecule has 0 rings (SSSR count). The second-order valence-corrected chi connectivity index (χ2v) is 4.55. The van der Waals surface area contributed by atoms with Crippen LogP contribution in [0.3, 0.4) is 0 Å². The van der Waals surface area contributed by atoms with E-state index in [0.29, 0.717) is 0 Å². The minimum atomic E-state index is 0.0481. The third-order valence-electron chi connectivity index (χ3n) is 2.99. The second-order valence-electron chi connectivity index (χ2n) is 4.55. The van der Waals surface area contributed by atoms with Gasteiger partial charge in [0.25, 0.3) is 0 Å². The van der Waals surface area contributed by atoms with Crippen LogP contribution < -0.4 is 5.32 Å². The summed E-state index contributed by atoms with van der Waals surface area (Å²) in [5, 5.41) is 12.6. The fourth-order valence-corrected chi connectivity index (χ4v) is 1.36. The molecule has 0 bridgehead atoms. The van der Waals surface area contributed by atoms with Gasteiger partial charge in [-0.15, -0.1) is 0 Å². The first kappa shape index (κ1) is 14.9. The summed E-state index contributed by atoms with van der Waals surface area (Å²) in [7, 11) is 1.74. The number of aliphatic hydroxyl groups excluding tert-OH is 1. The van der Waals surface area contributed by atoms with Gasteiger partial charge >= 0.3 is 0 Å². The number of hydrogen-bond donors (Lipinski definition) is 2. The molecule has 1 atom stereocenters. The van der Waals surface area contributed by atoms with Gasteiger partial charge in [0.1, 0.15) is 0 Å². The molecule has 1 unspecified atom stereocenters. The number of methoxy groups -OCH3 is 1. The van der Waals surface area contributed by atoms with Crippen molar-refractivity contribution in [2.75, 3.05) is 33.4 Å². The highest BCUT2D eigenvalue weighted by atomic mass is 16.5. The Labute approximate surface area is 94.2 Å². The molecule has 3 heteroatoms. The molecule has 0 radical (unpaired) electrons. The smallest absolute Gasteiger partial charge is 0.0496 e. The topological polar surface area (TPSA) is 41.5 Å². The maximum atomic E-state index is 9.20. The Balaban J connectivity index is 3.29. The summed E-state index contributed by atoms with van der Waals surface area (Å²) < 4.78 is 4.98. The van der Waals surface area contributed by atoms with E-state index in [2.05, 4.69) is 19.2 Å². The van der Waals surface area contributed by atoms with Crippen molar-refractivity contribution in [2.24, 2.45) is 5.41 Å². The highest BCUT2D eigenvalue weighted by molar-refractivity contribution is 4.73. The van der Waals surface area contributed by atoms with Gasteiger partial charge in [-0.25, -0.2) is 0 Å². The van der Waals surface area contributed by atoms with Crippen molar-refractivity contribution in [1.82, 2.24) is 5.32 Å². The molecule has 15 heavy (non-hydrogen) atoms. The monoisotopic (exact) mass is 217 g/mol. The molecular weight excluding hydrogens is 190 g/mol. The Morgan fingerprint density at radius 3 is 2.53 bits per heavy atom. The number of nitrogens with one attached hydrogen (secondary N) is 1. The van der Waals surface area contributed by atoms with Crippen molar-refractivity contribution in [3.05, 3.63) is 0 Å². The Morgan fingerprint density at radius 1 is 1.27 bits per heavy atom. The van der Waals surface area contributed by atoms with Crippen LogP contribution in [0, 0.1) is 5.41 Å². The van der Waals surface area contributed by atoms with Gasteiger partial charge < -0.3 is 15.2 Å². The lowest BCUT2D eigenvalue weighted by atomic mass is 9.88. The van der Waals surface area contributed by atoms with Gasteiger partial charge in [0.05, 0.1) is 0 Å². The van der Waals surface area contributed by atoms with Crippen LogP contribution in [-0.2, 0) is 4.74 Å². The molecule has 0 aromatic rings. The molecule has 2 N–H and O–H groups in total. The molecule has 0 saturated heterocycles. The molecule has 0 aliphatic carbocycles. The van der Waals surface area contributed by atoms with Gasteiger partial charge in [-0.1, -0.05) is 13.8 Å². The minimum absolute atomic E-state index is 0.0481. The minimum Gasteiger partial charge on any atom is -0.396 e. The molecule has 0 aliphatic rings. The SMILES string of the molecule is CCC(C)(CO)CNCCCCCOC. The first-order valence-electron chi connectivity index (χ1n) is 5.99. The lowest BCUT2D eigenvalue weighted by Gasteiger charge is -2.25. The fraction of sp³-hybridized carbons (Fsp3) is 1.00. The van der Waals surface area contributed by atoms with Crippen LogP contribution in [0.4, 0.5) is 0 Å². The van der Waals surface area contributed by atoms with Crippen molar-refractivity contribution < 1.29 is 9.84 Å². The molecule has 0 heterocycles. The average molecular weight is 217 g/mol.